The molecule has 5 nitrogen and oxygen atoms in total. The Balaban J connectivity index is 2.59. The summed E-state index contributed by atoms with van der Waals surface area (Å²) < 4.78 is 0. The number of hydrogen-bond donors (Lipinski definition) is 2. The molecule has 5 heteroatoms. The number of aryl methyl sites for hydroxylation is 1. The average molecular weight is 250 g/mol. The molecular weight excluding hydrogens is 232 g/mol. The Morgan fingerprint density at radius 1 is 1.44 bits per heavy atom. The summed E-state index contributed by atoms with van der Waals surface area (Å²) >= 11 is 0. The zero-order valence-corrected chi connectivity index (χ0v) is 10.8. The zero-order chi connectivity index (χ0) is 13.7. The summed E-state index contributed by atoms with van der Waals surface area (Å²) in [6.45, 7) is 3.61. The molecule has 1 unspecified atom stereocenters. The van der Waals surface area contributed by atoms with Gasteiger partial charge in [-0.25, -0.2) is 4.79 Å². The van der Waals surface area contributed by atoms with Crippen molar-refractivity contribution in [1.29, 1.82) is 0 Å². The number of nitrogens with zero attached hydrogens (tertiary/aromatic N) is 1. The Labute approximate surface area is 106 Å². The van der Waals surface area contributed by atoms with E-state index in [2.05, 4.69) is 5.32 Å². The highest BCUT2D eigenvalue weighted by Gasteiger charge is 2.15. The van der Waals surface area contributed by atoms with Crippen molar-refractivity contribution >= 4 is 17.7 Å². The molecule has 0 radical (unpaired) electrons. The summed E-state index contributed by atoms with van der Waals surface area (Å²) in [6, 6.07) is 7.22. The second kappa shape index (κ2) is 6.05. The maximum atomic E-state index is 11.8. The molecule has 1 aromatic rings. The third-order valence-corrected chi connectivity index (χ3v) is 2.67. The van der Waals surface area contributed by atoms with E-state index in [1.54, 1.807) is 14.0 Å². The predicted molar refractivity (Wildman–Crippen MR) is 69.8 cm³/mol. The highest BCUT2D eigenvalue weighted by atomic mass is 16.4. The molecule has 1 aromatic carbocycles. The molecule has 0 heterocycles. The Bertz CT molecular complexity index is 446. The molecule has 0 aromatic heterocycles. The lowest BCUT2D eigenvalue weighted by Crippen LogP contribution is -2.40. The van der Waals surface area contributed by atoms with E-state index in [0.717, 1.165) is 11.3 Å². The van der Waals surface area contributed by atoms with E-state index < -0.39 is 11.9 Å². The first-order valence-electron chi connectivity index (χ1n) is 5.73. The van der Waals surface area contributed by atoms with E-state index >= 15 is 0 Å². The van der Waals surface area contributed by atoms with Crippen LogP contribution in [0.3, 0.4) is 0 Å². The molecule has 2 N–H and O–H groups in total. The van der Waals surface area contributed by atoms with Gasteiger partial charge in [-0.05, 0) is 24.6 Å². The molecule has 1 rings (SSSR count). The van der Waals surface area contributed by atoms with E-state index in [1.165, 1.54) is 4.90 Å². The van der Waals surface area contributed by atoms with Crippen LogP contribution in [-0.4, -0.2) is 30.7 Å². The molecule has 0 aliphatic rings. The molecule has 0 bridgehead atoms. The number of carboxylic acid groups (broad SMARTS) is 1. The summed E-state index contributed by atoms with van der Waals surface area (Å²) in [5.41, 5.74) is 1.83. The first-order valence-corrected chi connectivity index (χ1v) is 5.73. The highest BCUT2D eigenvalue weighted by Crippen LogP contribution is 2.14. The van der Waals surface area contributed by atoms with Gasteiger partial charge in [-0.15, -0.1) is 0 Å². The van der Waals surface area contributed by atoms with Crippen LogP contribution in [0, 0.1) is 12.8 Å². The molecule has 0 spiro atoms. The largest absolute Gasteiger partial charge is 0.481 e. The molecule has 18 heavy (non-hydrogen) atoms. The zero-order valence-electron chi connectivity index (χ0n) is 10.8. The van der Waals surface area contributed by atoms with E-state index in [-0.39, 0.29) is 12.6 Å². The van der Waals surface area contributed by atoms with Gasteiger partial charge in [-0.3, -0.25) is 9.69 Å². The van der Waals surface area contributed by atoms with Gasteiger partial charge in [0.1, 0.15) is 0 Å². The standard InChI is InChI=1S/C13H18N2O3/c1-9-5-4-6-11(7-9)15(3)13(18)14-8-10(2)12(16)17/h4-7,10H,8H2,1-3H3,(H,14,18)(H,16,17). The number of anilines is 1. The average Bonchev–Trinajstić information content (AvgIpc) is 2.34. The number of amides is 2. The lowest BCUT2D eigenvalue weighted by atomic mass is 10.2. The fraction of sp³-hybridized carbons (Fsp3) is 0.385. The van der Waals surface area contributed by atoms with Gasteiger partial charge in [0.25, 0.3) is 0 Å². The second-order valence-electron chi connectivity index (χ2n) is 4.32. The van der Waals surface area contributed by atoms with Crippen molar-refractivity contribution in [2.45, 2.75) is 13.8 Å². The Morgan fingerprint density at radius 3 is 2.67 bits per heavy atom. The van der Waals surface area contributed by atoms with Crippen molar-refractivity contribution in [3.63, 3.8) is 0 Å². The van der Waals surface area contributed by atoms with E-state index in [4.69, 9.17) is 5.11 Å². The number of aliphatic carboxylic acids is 1. The van der Waals surface area contributed by atoms with Crippen molar-refractivity contribution in [3.05, 3.63) is 29.8 Å². The predicted octanol–water partition coefficient (Wildman–Crippen LogP) is 1.86. The maximum absolute atomic E-state index is 11.8. The number of rotatable bonds is 4. The van der Waals surface area contributed by atoms with Crippen LogP contribution in [0.25, 0.3) is 0 Å². The van der Waals surface area contributed by atoms with E-state index in [1.807, 2.05) is 31.2 Å². The SMILES string of the molecule is Cc1cccc(N(C)C(=O)NCC(C)C(=O)O)c1. The molecule has 1 atom stereocenters. The van der Waals surface area contributed by atoms with E-state index in [9.17, 15) is 9.59 Å². The quantitative estimate of drug-likeness (QED) is 0.857. The number of hydrogen-bond acceptors (Lipinski definition) is 2. The molecule has 98 valence electrons. The highest BCUT2D eigenvalue weighted by molar-refractivity contribution is 5.91. The second-order valence-corrected chi connectivity index (χ2v) is 4.32. The normalized spacial score (nSPS) is 11.7. The van der Waals surface area contributed by atoms with Gasteiger partial charge in [0, 0.05) is 19.3 Å². The summed E-state index contributed by atoms with van der Waals surface area (Å²) in [7, 11) is 1.65. The van der Waals surface area contributed by atoms with Gasteiger partial charge in [0.05, 0.1) is 5.92 Å². The van der Waals surface area contributed by atoms with Gasteiger partial charge in [-0.2, -0.15) is 0 Å². The van der Waals surface area contributed by atoms with Gasteiger partial charge < -0.3 is 10.4 Å². The fourth-order valence-electron chi connectivity index (χ4n) is 1.40. The van der Waals surface area contributed by atoms with Crippen LogP contribution in [0.5, 0.6) is 0 Å². The lowest BCUT2D eigenvalue weighted by Gasteiger charge is -2.19. The summed E-state index contributed by atoms with van der Waals surface area (Å²) in [4.78, 5) is 23.9. The Kier molecular flexibility index (Phi) is 4.71. The number of carbonyl (C=O) groups is 2. The van der Waals surface area contributed by atoms with Crippen LogP contribution in [-0.2, 0) is 4.79 Å². The Morgan fingerprint density at radius 2 is 2.11 bits per heavy atom. The fourth-order valence-corrected chi connectivity index (χ4v) is 1.40. The van der Waals surface area contributed by atoms with Crippen LogP contribution in [0.2, 0.25) is 0 Å². The van der Waals surface area contributed by atoms with Crippen LogP contribution in [0.4, 0.5) is 10.5 Å². The Hall–Kier alpha value is -2.04. The van der Waals surface area contributed by atoms with Gasteiger partial charge in [0.2, 0.25) is 0 Å². The number of nitrogens with one attached hydrogen (secondary N) is 1. The third kappa shape index (κ3) is 3.76. The number of benzene rings is 1. The van der Waals surface area contributed by atoms with Gasteiger partial charge in [-0.1, -0.05) is 19.1 Å². The number of carbonyl (C=O) groups excluding carboxylic acids is 1. The minimum atomic E-state index is -0.923. The van der Waals surface area contributed by atoms with Crippen LogP contribution in [0.1, 0.15) is 12.5 Å². The first-order chi connectivity index (χ1) is 8.41. The van der Waals surface area contributed by atoms with Gasteiger partial charge in [0.15, 0.2) is 0 Å². The van der Waals surface area contributed by atoms with Crippen LogP contribution in [0.15, 0.2) is 24.3 Å². The molecule has 2 amide bonds. The van der Waals surface area contributed by atoms with Crippen molar-refractivity contribution in [2.24, 2.45) is 5.92 Å². The van der Waals surface area contributed by atoms with Crippen molar-refractivity contribution in [3.8, 4) is 0 Å². The first kappa shape index (κ1) is 14.0. The van der Waals surface area contributed by atoms with Gasteiger partial charge >= 0.3 is 12.0 Å². The summed E-state index contributed by atoms with van der Waals surface area (Å²) in [5.74, 6) is -1.52. The summed E-state index contributed by atoms with van der Waals surface area (Å²) in [5, 5.41) is 11.3. The van der Waals surface area contributed by atoms with Crippen molar-refractivity contribution < 1.29 is 14.7 Å². The minimum absolute atomic E-state index is 0.115. The van der Waals surface area contributed by atoms with Crippen LogP contribution < -0.4 is 10.2 Å². The molecule has 0 aliphatic heterocycles. The van der Waals surface area contributed by atoms with Crippen molar-refractivity contribution in [2.75, 3.05) is 18.5 Å². The maximum Gasteiger partial charge on any atom is 0.321 e. The van der Waals surface area contributed by atoms with E-state index in [0.29, 0.717) is 0 Å². The number of carboxylic acids is 1. The molecule has 0 aliphatic carbocycles. The molecule has 0 saturated carbocycles. The molecule has 0 fully saturated rings. The minimum Gasteiger partial charge on any atom is -0.481 e. The molecule has 0 saturated heterocycles. The van der Waals surface area contributed by atoms with Crippen LogP contribution >= 0.6 is 0 Å². The molecular formula is C13H18N2O3. The smallest absolute Gasteiger partial charge is 0.321 e. The topological polar surface area (TPSA) is 69.6 Å². The number of urea groups is 1. The third-order valence-electron chi connectivity index (χ3n) is 2.67. The monoisotopic (exact) mass is 250 g/mol. The van der Waals surface area contributed by atoms with Crippen molar-refractivity contribution in [1.82, 2.24) is 5.32 Å². The lowest BCUT2D eigenvalue weighted by molar-refractivity contribution is -0.140. The summed E-state index contributed by atoms with van der Waals surface area (Å²) in [6.07, 6.45) is 0.